The maximum Gasteiger partial charge on any atom is 0.278 e. The lowest BCUT2D eigenvalue weighted by Gasteiger charge is -2.13. The van der Waals surface area contributed by atoms with Crippen LogP contribution in [0.4, 0.5) is 5.69 Å². The van der Waals surface area contributed by atoms with Crippen molar-refractivity contribution in [1.29, 1.82) is 0 Å². The standard InChI is InChI=1S/C15H20N4O2/c1-10-8-17-14(12(3)15(10)19(20)21)9-18-6-4-5-13(18)7-11(2)16/h4-6,8,11H,7,9,16H2,1-3H3. The van der Waals surface area contributed by atoms with Crippen LogP contribution < -0.4 is 5.73 Å². The van der Waals surface area contributed by atoms with E-state index in [1.807, 2.05) is 29.8 Å². The largest absolute Gasteiger partial charge is 0.345 e. The fourth-order valence-corrected chi connectivity index (χ4v) is 2.49. The van der Waals surface area contributed by atoms with Crippen molar-refractivity contribution in [3.8, 4) is 0 Å². The van der Waals surface area contributed by atoms with E-state index in [9.17, 15) is 10.1 Å². The molecule has 0 aliphatic rings. The second-order valence-electron chi connectivity index (χ2n) is 5.43. The van der Waals surface area contributed by atoms with Gasteiger partial charge in [0.2, 0.25) is 0 Å². The predicted octanol–water partition coefficient (Wildman–Crippen LogP) is 2.35. The normalized spacial score (nSPS) is 12.4. The molecule has 0 fully saturated rings. The Labute approximate surface area is 123 Å². The summed E-state index contributed by atoms with van der Waals surface area (Å²) < 4.78 is 2.04. The molecule has 2 aromatic rings. The Morgan fingerprint density at radius 2 is 2.19 bits per heavy atom. The first-order valence-electron chi connectivity index (χ1n) is 6.89. The van der Waals surface area contributed by atoms with Crippen molar-refractivity contribution in [2.45, 2.75) is 39.8 Å². The van der Waals surface area contributed by atoms with E-state index in [1.165, 1.54) is 0 Å². The summed E-state index contributed by atoms with van der Waals surface area (Å²) in [7, 11) is 0. The molecule has 0 amide bonds. The number of aromatic nitrogens is 2. The van der Waals surface area contributed by atoms with Gasteiger partial charge in [-0.15, -0.1) is 0 Å². The van der Waals surface area contributed by atoms with Crippen molar-refractivity contribution in [3.05, 3.63) is 57.2 Å². The molecule has 2 heterocycles. The topological polar surface area (TPSA) is 87.0 Å². The van der Waals surface area contributed by atoms with Gasteiger partial charge < -0.3 is 10.3 Å². The molecule has 2 N–H and O–H groups in total. The molecule has 0 spiro atoms. The lowest BCUT2D eigenvalue weighted by Crippen LogP contribution is -2.20. The van der Waals surface area contributed by atoms with Crippen LogP contribution in [0.2, 0.25) is 0 Å². The second kappa shape index (κ2) is 6.05. The van der Waals surface area contributed by atoms with Gasteiger partial charge in [0.25, 0.3) is 5.69 Å². The molecule has 21 heavy (non-hydrogen) atoms. The van der Waals surface area contributed by atoms with E-state index >= 15 is 0 Å². The minimum Gasteiger partial charge on any atom is -0.345 e. The minimum absolute atomic E-state index is 0.0695. The van der Waals surface area contributed by atoms with Crippen LogP contribution in [-0.2, 0) is 13.0 Å². The number of hydrogen-bond donors (Lipinski definition) is 1. The molecule has 0 radical (unpaired) electrons. The molecule has 0 saturated heterocycles. The highest BCUT2D eigenvalue weighted by atomic mass is 16.6. The predicted molar refractivity (Wildman–Crippen MR) is 81.3 cm³/mol. The van der Waals surface area contributed by atoms with Crippen molar-refractivity contribution in [2.24, 2.45) is 5.73 Å². The quantitative estimate of drug-likeness (QED) is 0.675. The van der Waals surface area contributed by atoms with Crippen molar-refractivity contribution in [3.63, 3.8) is 0 Å². The average molecular weight is 288 g/mol. The van der Waals surface area contributed by atoms with Crippen LogP contribution in [0.5, 0.6) is 0 Å². The number of nitro groups is 1. The molecule has 6 heteroatoms. The summed E-state index contributed by atoms with van der Waals surface area (Å²) in [4.78, 5) is 15.2. The molecular formula is C15H20N4O2. The Hall–Kier alpha value is -2.21. The third-order valence-corrected chi connectivity index (χ3v) is 3.53. The molecule has 0 bridgehead atoms. The molecule has 112 valence electrons. The zero-order valence-electron chi connectivity index (χ0n) is 12.5. The summed E-state index contributed by atoms with van der Waals surface area (Å²) >= 11 is 0. The van der Waals surface area contributed by atoms with Crippen LogP contribution in [0.1, 0.15) is 29.4 Å². The third-order valence-electron chi connectivity index (χ3n) is 3.53. The first kappa shape index (κ1) is 15.2. The van der Waals surface area contributed by atoms with E-state index in [4.69, 9.17) is 5.73 Å². The number of hydrogen-bond acceptors (Lipinski definition) is 4. The van der Waals surface area contributed by atoms with E-state index in [-0.39, 0.29) is 16.7 Å². The summed E-state index contributed by atoms with van der Waals surface area (Å²) in [6, 6.07) is 4.04. The molecule has 2 rings (SSSR count). The van der Waals surface area contributed by atoms with Gasteiger partial charge in [0.05, 0.1) is 22.7 Å². The maximum absolute atomic E-state index is 11.2. The monoisotopic (exact) mass is 288 g/mol. The lowest BCUT2D eigenvalue weighted by molar-refractivity contribution is -0.386. The van der Waals surface area contributed by atoms with Gasteiger partial charge in [0.1, 0.15) is 0 Å². The summed E-state index contributed by atoms with van der Waals surface area (Å²) in [5.74, 6) is 0. The number of nitrogens with two attached hydrogens (primary N) is 1. The summed E-state index contributed by atoms with van der Waals surface area (Å²) in [6.45, 7) is 5.93. The highest BCUT2D eigenvalue weighted by Crippen LogP contribution is 2.24. The van der Waals surface area contributed by atoms with Gasteiger partial charge in [-0.05, 0) is 32.9 Å². The van der Waals surface area contributed by atoms with Crippen molar-refractivity contribution in [2.75, 3.05) is 0 Å². The fourth-order valence-electron chi connectivity index (χ4n) is 2.49. The lowest BCUT2D eigenvalue weighted by atomic mass is 10.1. The zero-order chi connectivity index (χ0) is 15.6. The van der Waals surface area contributed by atoms with Gasteiger partial charge in [0.15, 0.2) is 0 Å². The van der Waals surface area contributed by atoms with E-state index in [0.29, 0.717) is 17.7 Å². The van der Waals surface area contributed by atoms with Crippen LogP contribution in [0.3, 0.4) is 0 Å². The molecule has 2 aromatic heterocycles. The Balaban J connectivity index is 2.35. The van der Waals surface area contributed by atoms with Gasteiger partial charge in [-0.1, -0.05) is 0 Å². The van der Waals surface area contributed by atoms with E-state index in [0.717, 1.165) is 17.8 Å². The van der Waals surface area contributed by atoms with Crippen LogP contribution in [0, 0.1) is 24.0 Å². The first-order chi connectivity index (χ1) is 9.90. The number of aryl methyl sites for hydroxylation is 1. The molecule has 0 aromatic carbocycles. The fraction of sp³-hybridized carbons (Fsp3) is 0.400. The van der Waals surface area contributed by atoms with Crippen molar-refractivity contribution < 1.29 is 4.92 Å². The first-order valence-corrected chi connectivity index (χ1v) is 6.89. The maximum atomic E-state index is 11.2. The van der Waals surface area contributed by atoms with Gasteiger partial charge in [-0.3, -0.25) is 15.1 Å². The van der Waals surface area contributed by atoms with E-state index in [2.05, 4.69) is 4.98 Å². The van der Waals surface area contributed by atoms with Crippen LogP contribution in [0.25, 0.3) is 0 Å². The summed E-state index contributed by atoms with van der Waals surface area (Å²) in [6.07, 6.45) is 4.28. The molecule has 1 unspecified atom stereocenters. The summed E-state index contributed by atoms with van der Waals surface area (Å²) in [5, 5.41) is 11.2. The number of pyridine rings is 1. The van der Waals surface area contributed by atoms with Gasteiger partial charge in [-0.25, -0.2) is 0 Å². The molecule has 0 aliphatic carbocycles. The number of rotatable bonds is 5. The van der Waals surface area contributed by atoms with Gasteiger partial charge in [0, 0.05) is 36.1 Å². The van der Waals surface area contributed by atoms with Gasteiger partial charge >= 0.3 is 0 Å². The van der Waals surface area contributed by atoms with E-state index in [1.54, 1.807) is 20.0 Å². The smallest absolute Gasteiger partial charge is 0.278 e. The SMILES string of the molecule is Cc1cnc(Cn2cccc2CC(C)N)c(C)c1[N+](=O)[O-]. The summed E-state index contributed by atoms with van der Waals surface area (Å²) in [5.41, 5.74) is 9.03. The molecule has 0 saturated carbocycles. The Bertz CT molecular complexity index is 662. The Kier molecular flexibility index (Phi) is 4.37. The average Bonchev–Trinajstić information content (AvgIpc) is 2.79. The van der Waals surface area contributed by atoms with Crippen LogP contribution in [-0.4, -0.2) is 20.5 Å². The number of nitrogens with zero attached hydrogens (tertiary/aromatic N) is 3. The highest BCUT2D eigenvalue weighted by Gasteiger charge is 2.19. The third kappa shape index (κ3) is 3.28. The van der Waals surface area contributed by atoms with Crippen molar-refractivity contribution in [1.82, 2.24) is 9.55 Å². The Morgan fingerprint density at radius 3 is 2.81 bits per heavy atom. The second-order valence-corrected chi connectivity index (χ2v) is 5.43. The highest BCUT2D eigenvalue weighted by molar-refractivity contribution is 5.47. The zero-order valence-corrected chi connectivity index (χ0v) is 12.5. The van der Waals surface area contributed by atoms with Crippen molar-refractivity contribution >= 4 is 5.69 Å². The molecular weight excluding hydrogens is 268 g/mol. The molecule has 6 nitrogen and oxygen atoms in total. The Morgan fingerprint density at radius 1 is 1.48 bits per heavy atom. The minimum atomic E-state index is -0.339. The van der Waals surface area contributed by atoms with Gasteiger partial charge in [-0.2, -0.15) is 0 Å². The van der Waals surface area contributed by atoms with Crippen LogP contribution in [0.15, 0.2) is 24.5 Å². The van der Waals surface area contributed by atoms with Crippen LogP contribution >= 0.6 is 0 Å². The molecule has 0 aliphatic heterocycles. The van der Waals surface area contributed by atoms with E-state index < -0.39 is 0 Å². The molecule has 1 atom stereocenters.